The average molecular weight is 506 g/mol. The molecule has 1 saturated carbocycles. The maximum absolute atomic E-state index is 13.6. The fourth-order valence-electron chi connectivity index (χ4n) is 4.21. The van der Waals surface area contributed by atoms with Gasteiger partial charge in [-0.05, 0) is 50.8 Å². The molecule has 1 saturated heterocycles. The quantitative estimate of drug-likeness (QED) is 0.376. The van der Waals surface area contributed by atoms with Gasteiger partial charge in [-0.15, -0.1) is 0 Å². The highest BCUT2D eigenvalue weighted by atomic mass is 35.5. The number of anilines is 3. The van der Waals surface area contributed by atoms with Gasteiger partial charge in [0.25, 0.3) is 0 Å². The van der Waals surface area contributed by atoms with Crippen molar-refractivity contribution in [2.24, 2.45) is 11.3 Å². The van der Waals surface area contributed by atoms with Crippen LogP contribution in [0.1, 0.15) is 12.0 Å². The lowest BCUT2D eigenvalue weighted by Crippen LogP contribution is -2.13. The lowest BCUT2D eigenvalue weighted by atomic mass is 10.0. The van der Waals surface area contributed by atoms with Gasteiger partial charge >= 0.3 is 0 Å². The summed E-state index contributed by atoms with van der Waals surface area (Å²) in [7, 11) is 3.86. The van der Waals surface area contributed by atoms with Crippen molar-refractivity contribution in [3.05, 3.63) is 65.2 Å². The molecule has 2 N–H and O–H groups in total. The first-order valence-electron chi connectivity index (χ1n) is 11.6. The Kier molecular flexibility index (Phi) is 6.63. The summed E-state index contributed by atoms with van der Waals surface area (Å²) in [5.41, 5.74) is 2.36. The molecule has 184 valence electrons. The molecular formula is C27H25ClFN5O2. The van der Waals surface area contributed by atoms with Crippen molar-refractivity contribution in [2.45, 2.75) is 6.42 Å². The molecule has 3 aromatic rings. The second-order valence-electron chi connectivity index (χ2n) is 9.37. The minimum atomic E-state index is -0.504. The van der Waals surface area contributed by atoms with Crippen LogP contribution in [-0.2, 0) is 9.53 Å². The molecule has 1 aliphatic carbocycles. The van der Waals surface area contributed by atoms with Crippen molar-refractivity contribution in [2.75, 3.05) is 44.5 Å². The standard InChI is InChI=1S/C27H25ClFN5O2/c1-34(2)9-3-4-25(35)33-23-12-20-24(10-17(23)7-8-27-13-18(27)14-36-15-27)30-16-31-26(20)32-19-5-6-22(29)21(28)11-19/h3-6,10-12,16,18H,9,13-15H2,1-2H3,(H,33,35)(H,30,31,32)/b4-3+/t18-,27-/m0/s1. The predicted molar refractivity (Wildman–Crippen MR) is 139 cm³/mol. The number of halogens is 2. The average Bonchev–Trinajstić information content (AvgIpc) is 3.38. The van der Waals surface area contributed by atoms with Gasteiger partial charge in [0.05, 0.1) is 40.4 Å². The highest BCUT2D eigenvalue weighted by Gasteiger charge is 2.57. The first-order valence-corrected chi connectivity index (χ1v) is 11.9. The molecule has 1 aromatic heterocycles. The van der Waals surface area contributed by atoms with E-state index in [4.69, 9.17) is 16.3 Å². The van der Waals surface area contributed by atoms with E-state index in [-0.39, 0.29) is 16.3 Å². The fourth-order valence-corrected chi connectivity index (χ4v) is 4.39. The van der Waals surface area contributed by atoms with Gasteiger partial charge in [-0.3, -0.25) is 4.79 Å². The molecule has 9 heteroatoms. The molecular weight excluding hydrogens is 481 g/mol. The highest BCUT2D eigenvalue weighted by Crippen LogP contribution is 2.56. The maximum Gasteiger partial charge on any atom is 0.248 e. The van der Waals surface area contributed by atoms with E-state index in [1.165, 1.54) is 24.5 Å². The van der Waals surface area contributed by atoms with Crippen LogP contribution in [0.3, 0.4) is 0 Å². The maximum atomic E-state index is 13.6. The van der Waals surface area contributed by atoms with E-state index in [1.54, 1.807) is 18.2 Å². The van der Waals surface area contributed by atoms with Crippen LogP contribution in [0.5, 0.6) is 0 Å². The van der Waals surface area contributed by atoms with Gasteiger partial charge in [-0.1, -0.05) is 29.5 Å². The third-order valence-corrected chi connectivity index (χ3v) is 6.60. The third-order valence-electron chi connectivity index (χ3n) is 6.31. The number of nitrogens with zero attached hydrogens (tertiary/aromatic N) is 3. The van der Waals surface area contributed by atoms with Crippen LogP contribution in [0.25, 0.3) is 10.9 Å². The van der Waals surface area contributed by atoms with Crippen LogP contribution in [0.4, 0.5) is 21.6 Å². The molecule has 2 aromatic carbocycles. The molecule has 0 bridgehead atoms. The van der Waals surface area contributed by atoms with Crippen molar-refractivity contribution < 1.29 is 13.9 Å². The second-order valence-corrected chi connectivity index (χ2v) is 9.77. The van der Waals surface area contributed by atoms with Gasteiger partial charge in [-0.2, -0.15) is 0 Å². The van der Waals surface area contributed by atoms with Gasteiger partial charge in [0.2, 0.25) is 5.91 Å². The Bertz CT molecular complexity index is 1430. The van der Waals surface area contributed by atoms with Gasteiger partial charge < -0.3 is 20.3 Å². The number of fused-ring (bicyclic) bond motifs is 2. The summed E-state index contributed by atoms with van der Waals surface area (Å²) in [5, 5.41) is 6.79. The Hall–Kier alpha value is -3.51. The van der Waals surface area contributed by atoms with Crippen molar-refractivity contribution in [3.63, 3.8) is 0 Å². The van der Waals surface area contributed by atoms with Gasteiger partial charge in [0.1, 0.15) is 18.0 Å². The summed E-state index contributed by atoms with van der Waals surface area (Å²) in [6.45, 7) is 2.04. The lowest BCUT2D eigenvalue weighted by molar-refractivity contribution is -0.111. The van der Waals surface area contributed by atoms with E-state index in [2.05, 4.69) is 32.4 Å². The molecule has 36 heavy (non-hydrogen) atoms. The number of aromatic nitrogens is 2. The molecule has 0 radical (unpaired) electrons. The molecule has 2 aliphatic rings. The van der Waals surface area contributed by atoms with E-state index in [0.29, 0.717) is 52.7 Å². The zero-order chi connectivity index (χ0) is 25.3. The van der Waals surface area contributed by atoms with Crippen LogP contribution in [0, 0.1) is 29.0 Å². The van der Waals surface area contributed by atoms with Crippen molar-refractivity contribution in [1.82, 2.24) is 14.9 Å². The summed E-state index contributed by atoms with van der Waals surface area (Å²) in [5.74, 6) is 6.88. The second kappa shape index (κ2) is 9.86. The van der Waals surface area contributed by atoms with E-state index >= 15 is 0 Å². The van der Waals surface area contributed by atoms with Gasteiger partial charge in [0.15, 0.2) is 0 Å². The smallest absolute Gasteiger partial charge is 0.248 e. The SMILES string of the molecule is CN(C)C/C=C/C(=O)Nc1cc2c(Nc3ccc(F)c(Cl)c3)ncnc2cc1C#C[C@]12COC[C@@H]1C2. The molecule has 0 spiro atoms. The number of nitrogens with one attached hydrogen (secondary N) is 2. The van der Waals surface area contributed by atoms with Crippen molar-refractivity contribution in [3.8, 4) is 11.8 Å². The Balaban J connectivity index is 1.51. The monoisotopic (exact) mass is 505 g/mol. The minimum absolute atomic E-state index is 0.00188. The van der Waals surface area contributed by atoms with Crippen LogP contribution in [0.15, 0.2) is 48.8 Å². The van der Waals surface area contributed by atoms with Gasteiger partial charge in [0, 0.05) is 29.6 Å². The molecule has 2 atom stereocenters. The number of ether oxygens (including phenoxy) is 1. The highest BCUT2D eigenvalue weighted by molar-refractivity contribution is 6.31. The normalized spacial score (nSPS) is 20.3. The van der Waals surface area contributed by atoms with E-state index in [0.717, 1.165) is 13.0 Å². The van der Waals surface area contributed by atoms with Gasteiger partial charge in [-0.25, -0.2) is 14.4 Å². The summed E-state index contributed by atoms with van der Waals surface area (Å²) < 4.78 is 19.2. The minimum Gasteiger partial charge on any atom is -0.380 e. The van der Waals surface area contributed by atoms with Crippen LogP contribution < -0.4 is 10.6 Å². The number of benzene rings is 2. The Morgan fingerprint density at radius 3 is 2.92 bits per heavy atom. The Morgan fingerprint density at radius 2 is 2.19 bits per heavy atom. The zero-order valence-corrected chi connectivity index (χ0v) is 20.7. The number of likely N-dealkylation sites (N-methyl/N-ethyl adjacent to an activating group) is 1. The summed E-state index contributed by atoms with van der Waals surface area (Å²) in [6, 6.07) is 7.98. The molecule has 7 nitrogen and oxygen atoms in total. The molecule has 5 rings (SSSR count). The predicted octanol–water partition coefficient (Wildman–Crippen LogP) is 4.61. The van der Waals surface area contributed by atoms with E-state index in [9.17, 15) is 9.18 Å². The Labute approximate surface area is 213 Å². The van der Waals surface area contributed by atoms with Crippen LogP contribution >= 0.6 is 11.6 Å². The first-order chi connectivity index (χ1) is 17.3. The summed E-state index contributed by atoms with van der Waals surface area (Å²) in [4.78, 5) is 23.4. The summed E-state index contributed by atoms with van der Waals surface area (Å²) >= 11 is 5.94. The fraction of sp³-hybridized carbons (Fsp3) is 0.296. The molecule has 2 fully saturated rings. The third kappa shape index (κ3) is 5.19. The molecule has 1 aliphatic heterocycles. The van der Waals surface area contributed by atoms with Crippen molar-refractivity contribution in [1.29, 1.82) is 0 Å². The zero-order valence-electron chi connectivity index (χ0n) is 19.9. The first kappa shape index (κ1) is 24.2. The number of carbonyl (C=O) groups excluding carboxylic acids is 1. The topological polar surface area (TPSA) is 79.4 Å². The lowest BCUT2D eigenvalue weighted by Gasteiger charge is -2.12. The molecule has 1 amide bonds. The number of carbonyl (C=O) groups is 1. The number of hydrogen-bond acceptors (Lipinski definition) is 6. The summed E-state index contributed by atoms with van der Waals surface area (Å²) in [6.07, 6.45) is 5.78. The number of hydrogen-bond donors (Lipinski definition) is 2. The molecule has 0 unspecified atom stereocenters. The van der Waals surface area contributed by atoms with Crippen LogP contribution in [0.2, 0.25) is 5.02 Å². The number of amides is 1. The van der Waals surface area contributed by atoms with Crippen molar-refractivity contribution >= 4 is 45.6 Å². The largest absolute Gasteiger partial charge is 0.380 e. The van der Waals surface area contributed by atoms with Crippen LogP contribution in [-0.4, -0.2) is 54.6 Å². The molecule has 2 heterocycles. The Morgan fingerprint density at radius 1 is 1.33 bits per heavy atom. The van der Waals surface area contributed by atoms with E-state index in [1.807, 2.05) is 25.1 Å². The number of rotatable bonds is 6. The van der Waals surface area contributed by atoms with E-state index < -0.39 is 5.82 Å².